The van der Waals surface area contributed by atoms with Crippen molar-refractivity contribution in [2.45, 2.75) is 85.0 Å². The number of Topliss-reactive ketones (excluding diaryl/α,β-unsaturated/α-hetero) is 1. The molecule has 0 saturated heterocycles. The minimum Gasteiger partial charge on any atom is -0.467 e. The number of ketones is 1. The van der Waals surface area contributed by atoms with Gasteiger partial charge in [-0.1, -0.05) is 54.5 Å². The summed E-state index contributed by atoms with van der Waals surface area (Å²) in [5, 5.41) is 0. The monoisotopic (exact) mass is 580 g/mol. The Morgan fingerprint density at radius 1 is 1.02 bits per heavy atom. The average Bonchev–Trinajstić information content (AvgIpc) is 3.40. The predicted molar refractivity (Wildman–Crippen MR) is 152 cm³/mol. The van der Waals surface area contributed by atoms with Gasteiger partial charge in [-0.2, -0.15) is 0 Å². The number of hydrogen-bond acceptors (Lipinski definition) is 9. The topological polar surface area (TPSA) is 122 Å². The van der Waals surface area contributed by atoms with Crippen LogP contribution in [0.3, 0.4) is 0 Å². The Labute approximate surface area is 246 Å². The summed E-state index contributed by atoms with van der Waals surface area (Å²) in [7, 11) is 0. The van der Waals surface area contributed by atoms with Crippen molar-refractivity contribution in [2.75, 3.05) is 6.61 Å². The molecule has 9 nitrogen and oxygen atoms in total. The van der Waals surface area contributed by atoms with Crippen molar-refractivity contribution < 1.29 is 42.9 Å². The number of fused-ring (bicyclic) bond motifs is 2. The molecule has 3 aliphatic carbocycles. The summed E-state index contributed by atoms with van der Waals surface area (Å²) < 4.78 is 23.7. The molecule has 7 atom stereocenters. The maximum atomic E-state index is 14.4. The van der Waals surface area contributed by atoms with E-state index in [0.717, 1.165) is 16.7 Å². The van der Waals surface area contributed by atoms with E-state index in [2.05, 4.69) is 0 Å². The Bertz CT molecular complexity index is 1310. The molecule has 0 heterocycles. The Kier molecular flexibility index (Phi) is 9.09. The minimum atomic E-state index is -1.77. The van der Waals surface area contributed by atoms with Crippen LogP contribution >= 0.6 is 0 Å². The Hall–Kier alpha value is -3.75. The van der Waals surface area contributed by atoms with Crippen molar-refractivity contribution in [1.29, 1.82) is 0 Å². The van der Waals surface area contributed by atoms with E-state index >= 15 is 0 Å². The highest BCUT2D eigenvalue weighted by Gasteiger charge is 2.70. The van der Waals surface area contributed by atoms with E-state index in [-0.39, 0.29) is 19.4 Å². The van der Waals surface area contributed by atoms with Gasteiger partial charge >= 0.3 is 17.9 Å². The van der Waals surface area contributed by atoms with E-state index in [9.17, 15) is 24.0 Å². The van der Waals surface area contributed by atoms with Crippen molar-refractivity contribution in [1.82, 2.24) is 0 Å². The standard InChI is InChI=1S/C33H40O9/c1-19(2)25-12-13-32(17-39-18-34)26(25)14-20(3)30(38)33(42-23(6)36)16-21(4)29(28(33)31(32)40-22(5)35)41-27(37)15-24-10-8-7-9-11-24/h7-11,14,18,21,26,28-29,31H,12-13,15-17H2,1-6H3/b20-14-/t21-,26-,28+,29-,31+,32-,33+/m0/s1. The van der Waals surface area contributed by atoms with Crippen LogP contribution in [-0.4, -0.2) is 54.6 Å². The third-order valence-electron chi connectivity index (χ3n) is 9.12. The van der Waals surface area contributed by atoms with Crippen molar-refractivity contribution in [2.24, 2.45) is 23.2 Å². The molecule has 0 N–H and O–H groups in total. The average molecular weight is 581 g/mol. The number of ether oxygens (including phenoxy) is 4. The molecule has 42 heavy (non-hydrogen) atoms. The van der Waals surface area contributed by atoms with E-state index in [1.807, 2.05) is 57.2 Å². The van der Waals surface area contributed by atoms with Gasteiger partial charge in [-0.3, -0.25) is 24.0 Å². The highest BCUT2D eigenvalue weighted by molar-refractivity contribution is 6.03. The van der Waals surface area contributed by atoms with Gasteiger partial charge in [0.1, 0.15) is 18.8 Å². The predicted octanol–water partition coefficient (Wildman–Crippen LogP) is 4.47. The number of carbonyl (C=O) groups is 5. The molecule has 9 heteroatoms. The van der Waals surface area contributed by atoms with Gasteiger partial charge in [-0.05, 0) is 50.7 Å². The molecule has 2 fully saturated rings. The first-order chi connectivity index (χ1) is 19.9. The molecule has 226 valence electrons. The van der Waals surface area contributed by atoms with Crippen molar-refractivity contribution in [3.63, 3.8) is 0 Å². The van der Waals surface area contributed by atoms with Gasteiger partial charge in [-0.25, -0.2) is 0 Å². The second kappa shape index (κ2) is 12.2. The van der Waals surface area contributed by atoms with Gasteiger partial charge < -0.3 is 18.9 Å². The molecular weight excluding hydrogens is 540 g/mol. The molecule has 0 bridgehead atoms. The second-order valence-electron chi connectivity index (χ2n) is 12.2. The zero-order chi connectivity index (χ0) is 30.8. The van der Waals surface area contributed by atoms with Crippen LogP contribution in [0.2, 0.25) is 0 Å². The normalized spacial score (nSPS) is 33.2. The van der Waals surface area contributed by atoms with E-state index in [4.69, 9.17) is 18.9 Å². The van der Waals surface area contributed by atoms with Gasteiger partial charge in [0.25, 0.3) is 6.47 Å². The van der Waals surface area contributed by atoms with Crippen LogP contribution in [0.1, 0.15) is 66.4 Å². The fraction of sp³-hybridized carbons (Fsp3) is 0.545. The number of allylic oxidation sites excluding steroid dienone is 3. The molecule has 4 rings (SSSR count). The Morgan fingerprint density at radius 2 is 1.71 bits per heavy atom. The number of hydrogen-bond donors (Lipinski definition) is 0. The molecular formula is C33H40O9. The van der Waals surface area contributed by atoms with E-state index in [0.29, 0.717) is 24.9 Å². The first kappa shape index (κ1) is 31.2. The van der Waals surface area contributed by atoms with E-state index in [1.54, 1.807) is 6.92 Å². The molecule has 1 aromatic rings. The molecule has 0 spiro atoms. The molecule has 0 amide bonds. The first-order valence-electron chi connectivity index (χ1n) is 14.4. The lowest BCUT2D eigenvalue weighted by atomic mass is 9.62. The molecule has 0 unspecified atom stereocenters. The molecule has 1 aromatic carbocycles. The lowest BCUT2D eigenvalue weighted by Crippen LogP contribution is -2.61. The molecule has 0 aromatic heterocycles. The summed E-state index contributed by atoms with van der Waals surface area (Å²) in [6.45, 7) is 10.2. The van der Waals surface area contributed by atoms with Gasteiger partial charge in [-0.15, -0.1) is 0 Å². The molecule has 0 radical (unpaired) electrons. The summed E-state index contributed by atoms with van der Waals surface area (Å²) >= 11 is 0. The van der Waals surface area contributed by atoms with Gasteiger partial charge in [0.2, 0.25) is 5.78 Å². The summed E-state index contributed by atoms with van der Waals surface area (Å²) in [4.78, 5) is 64.7. The number of rotatable bonds is 8. The molecule has 2 saturated carbocycles. The zero-order valence-corrected chi connectivity index (χ0v) is 25.1. The number of benzene rings is 1. The van der Waals surface area contributed by atoms with Crippen LogP contribution in [0.5, 0.6) is 0 Å². The smallest absolute Gasteiger partial charge is 0.310 e. The largest absolute Gasteiger partial charge is 0.467 e. The van der Waals surface area contributed by atoms with Crippen LogP contribution in [0.15, 0.2) is 53.1 Å². The quantitative estimate of drug-likeness (QED) is 0.190. The third kappa shape index (κ3) is 5.65. The second-order valence-corrected chi connectivity index (χ2v) is 12.2. The van der Waals surface area contributed by atoms with Crippen molar-refractivity contribution >= 4 is 30.2 Å². The van der Waals surface area contributed by atoms with Crippen LogP contribution in [-0.2, 0) is 49.3 Å². The summed E-state index contributed by atoms with van der Waals surface area (Å²) in [5.74, 6) is -4.14. The summed E-state index contributed by atoms with van der Waals surface area (Å²) in [5.41, 5.74) is 0.457. The Morgan fingerprint density at radius 3 is 2.31 bits per heavy atom. The van der Waals surface area contributed by atoms with Gasteiger partial charge in [0.05, 0.1) is 17.8 Å². The Balaban J connectivity index is 1.95. The minimum absolute atomic E-state index is 0.00755. The molecule has 0 aliphatic heterocycles. The van der Waals surface area contributed by atoms with E-state index in [1.165, 1.54) is 13.8 Å². The van der Waals surface area contributed by atoms with Gasteiger partial charge in [0.15, 0.2) is 5.60 Å². The SMILES string of the molecule is CC(=O)O[C@@H]1[C@H]2[C@@H](OC(=O)Cc3ccccc3)[C@@H](C)C[C@]2(OC(C)=O)C(=O)/C(C)=C\[C@H]2C(=C(C)C)CC[C@@]12COC=O. The fourth-order valence-electron chi connectivity index (χ4n) is 7.56. The maximum absolute atomic E-state index is 14.4. The van der Waals surface area contributed by atoms with Crippen molar-refractivity contribution in [3.05, 3.63) is 58.7 Å². The fourth-order valence-corrected chi connectivity index (χ4v) is 7.56. The van der Waals surface area contributed by atoms with Crippen LogP contribution in [0, 0.1) is 23.2 Å². The summed E-state index contributed by atoms with van der Waals surface area (Å²) in [6.07, 6.45) is 0.941. The maximum Gasteiger partial charge on any atom is 0.310 e. The zero-order valence-electron chi connectivity index (χ0n) is 25.1. The van der Waals surface area contributed by atoms with Gasteiger partial charge in [0, 0.05) is 26.2 Å². The highest BCUT2D eigenvalue weighted by Crippen LogP contribution is 2.60. The van der Waals surface area contributed by atoms with Crippen LogP contribution < -0.4 is 0 Å². The number of esters is 3. The first-order valence-corrected chi connectivity index (χ1v) is 14.4. The summed E-state index contributed by atoms with van der Waals surface area (Å²) in [6, 6.07) is 9.12. The van der Waals surface area contributed by atoms with E-state index < -0.39 is 64.7 Å². The van der Waals surface area contributed by atoms with Crippen LogP contribution in [0.4, 0.5) is 0 Å². The highest BCUT2D eigenvalue weighted by atomic mass is 16.6. The lowest BCUT2D eigenvalue weighted by molar-refractivity contribution is -0.202. The van der Waals surface area contributed by atoms with Crippen LogP contribution in [0.25, 0.3) is 0 Å². The van der Waals surface area contributed by atoms with Crippen molar-refractivity contribution in [3.8, 4) is 0 Å². The lowest BCUT2D eigenvalue weighted by Gasteiger charge is -2.49. The third-order valence-corrected chi connectivity index (χ3v) is 9.12. The molecule has 3 aliphatic rings. The number of carbonyl (C=O) groups excluding carboxylic acids is 5.